The number of anilines is 1. The van der Waals surface area contributed by atoms with Crippen molar-refractivity contribution in [3.8, 4) is 5.75 Å². The van der Waals surface area contributed by atoms with Crippen LogP contribution in [-0.4, -0.2) is 58.0 Å². The smallest absolute Gasteiger partial charge is 0.305 e. The minimum absolute atomic E-state index is 0.0816. The van der Waals surface area contributed by atoms with E-state index in [9.17, 15) is 14.4 Å². The van der Waals surface area contributed by atoms with Crippen molar-refractivity contribution < 1.29 is 24.2 Å². The van der Waals surface area contributed by atoms with Gasteiger partial charge < -0.3 is 20.1 Å². The van der Waals surface area contributed by atoms with Crippen LogP contribution in [0.25, 0.3) is 0 Å². The van der Waals surface area contributed by atoms with Gasteiger partial charge in [0.05, 0.1) is 23.7 Å². The van der Waals surface area contributed by atoms with Gasteiger partial charge in [0.15, 0.2) is 11.9 Å². The molecule has 8 heteroatoms. The number of nitrogens with one attached hydrogen (secondary N) is 1. The van der Waals surface area contributed by atoms with Crippen LogP contribution in [0.3, 0.4) is 0 Å². The second-order valence-corrected chi connectivity index (χ2v) is 6.91. The van der Waals surface area contributed by atoms with Crippen LogP contribution in [0.4, 0.5) is 5.69 Å². The Morgan fingerprint density at radius 3 is 3.00 bits per heavy atom. The first-order valence-electron chi connectivity index (χ1n) is 7.68. The van der Waals surface area contributed by atoms with Crippen molar-refractivity contribution in [2.75, 3.05) is 23.4 Å². The van der Waals surface area contributed by atoms with Crippen molar-refractivity contribution >= 4 is 35.2 Å². The van der Waals surface area contributed by atoms with Crippen molar-refractivity contribution in [3.63, 3.8) is 0 Å². The van der Waals surface area contributed by atoms with Gasteiger partial charge in [0.1, 0.15) is 0 Å². The summed E-state index contributed by atoms with van der Waals surface area (Å²) < 4.78 is 5.62. The predicted molar refractivity (Wildman–Crippen MR) is 89.6 cm³/mol. The SMILES string of the molecule is CC1Oc2c(cccc2C(=O)N2CCSCC2CC(=O)O)NC1=O. The van der Waals surface area contributed by atoms with E-state index in [1.54, 1.807) is 41.8 Å². The molecule has 7 nitrogen and oxygen atoms in total. The Hall–Kier alpha value is -2.22. The van der Waals surface area contributed by atoms with Crippen molar-refractivity contribution in [3.05, 3.63) is 23.8 Å². The van der Waals surface area contributed by atoms with E-state index < -0.39 is 12.1 Å². The Balaban J connectivity index is 1.91. The molecule has 24 heavy (non-hydrogen) atoms. The van der Waals surface area contributed by atoms with E-state index in [2.05, 4.69) is 5.32 Å². The average Bonchev–Trinajstić information content (AvgIpc) is 2.55. The minimum Gasteiger partial charge on any atom is -0.481 e. The third kappa shape index (κ3) is 3.19. The van der Waals surface area contributed by atoms with Gasteiger partial charge in [-0.3, -0.25) is 14.4 Å². The number of ether oxygens (including phenoxy) is 1. The number of hydrogen-bond acceptors (Lipinski definition) is 5. The molecule has 2 aliphatic heterocycles. The summed E-state index contributed by atoms with van der Waals surface area (Å²) in [7, 11) is 0. The molecule has 1 saturated heterocycles. The lowest BCUT2D eigenvalue weighted by atomic mass is 10.1. The molecule has 0 spiro atoms. The van der Waals surface area contributed by atoms with Crippen molar-refractivity contribution in [1.82, 2.24) is 4.90 Å². The normalized spacial score (nSPS) is 23.0. The highest BCUT2D eigenvalue weighted by Crippen LogP contribution is 2.35. The van der Waals surface area contributed by atoms with Crippen molar-refractivity contribution in [2.24, 2.45) is 0 Å². The predicted octanol–water partition coefficient (Wildman–Crippen LogP) is 1.44. The summed E-state index contributed by atoms with van der Waals surface area (Å²) in [5.74, 6) is 0.271. The molecule has 2 atom stereocenters. The molecular formula is C16H18N2O5S. The highest BCUT2D eigenvalue weighted by molar-refractivity contribution is 7.99. The highest BCUT2D eigenvalue weighted by atomic mass is 32.2. The Morgan fingerprint density at radius 1 is 1.46 bits per heavy atom. The highest BCUT2D eigenvalue weighted by Gasteiger charge is 2.33. The summed E-state index contributed by atoms with van der Waals surface area (Å²) in [6.07, 6.45) is -0.764. The fraction of sp³-hybridized carbons (Fsp3) is 0.438. The first kappa shape index (κ1) is 16.6. The van der Waals surface area contributed by atoms with Crippen LogP contribution >= 0.6 is 11.8 Å². The first-order valence-corrected chi connectivity index (χ1v) is 8.84. The van der Waals surface area contributed by atoms with Crippen LogP contribution in [0.5, 0.6) is 5.75 Å². The number of carbonyl (C=O) groups is 3. The largest absolute Gasteiger partial charge is 0.481 e. The Bertz CT molecular complexity index is 693. The van der Waals surface area contributed by atoms with E-state index in [1.165, 1.54) is 0 Å². The Labute approximate surface area is 143 Å². The van der Waals surface area contributed by atoms with Crippen LogP contribution in [0, 0.1) is 0 Å². The third-order valence-corrected chi connectivity index (χ3v) is 5.16. The molecule has 2 aliphatic rings. The number of carboxylic acid groups (broad SMARTS) is 1. The number of amides is 2. The van der Waals surface area contributed by atoms with E-state index in [0.717, 1.165) is 5.75 Å². The summed E-state index contributed by atoms with van der Waals surface area (Å²) in [5, 5.41) is 11.8. The Morgan fingerprint density at radius 2 is 2.25 bits per heavy atom. The molecule has 1 aromatic rings. The number of rotatable bonds is 3. The second kappa shape index (κ2) is 6.72. The van der Waals surface area contributed by atoms with Crippen molar-refractivity contribution in [1.29, 1.82) is 0 Å². The number of fused-ring (bicyclic) bond motifs is 1. The lowest BCUT2D eigenvalue weighted by Crippen LogP contribution is -2.47. The molecule has 2 amide bonds. The summed E-state index contributed by atoms with van der Waals surface area (Å²) >= 11 is 1.65. The van der Waals surface area contributed by atoms with Crippen molar-refractivity contribution in [2.45, 2.75) is 25.5 Å². The number of carbonyl (C=O) groups excluding carboxylic acids is 2. The van der Waals surface area contributed by atoms with Gasteiger partial charge in [-0.05, 0) is 19.1 Å². The number of thioether (sulfide) groups is 1. The van der Waals surface area contributed by atoms with Gasteiger partial charge >= 0.3 is 5.97 Å². The summed E-state index contributed by atoms with van der Waals surface area (Å²) in [6.45, 7) is 2.11. The van der Waals surface area contributed by atoms with E-state index in [-0.39, 0.29) is 24.3 Å². The van der Waals surface area contributed by atoms with Gasteiger partial charge in [0.25, 0.3) is 11.8 Å². The third-order valence-electron chi connectivity index (χ3n) is 4.07. The number of hydrogen-bond donors (Lipinski definition) is 2. The standard InChI is InChI=1S/C16H18N2O5S/c1-9-15(21)17-12-4-2-3-11(14(12)23-9)16(22)18-5-6-24-8-10(18)7-13(19)20/h2-4,9-10H,5-8H2,1H3,(H,17,21)(H,19,20). The van der Waals surface area contributed by atoms with Gasteiger partial charge in [-0.2, -0.15) is 11.8 Å². The van der Waals surface area contributed by atoms with E-state index in [0.29, 0.717) is 29.3 Å². The van der Waals surface area contributed by atoms with Crippen LogP contribution in [0.2, 0.25) is 0 Å². The van der Waals surface area contributed by atoms with E-state index in [4.69, 9.17) is 9.84 Å². The molecule has 2 unspecified atom stereocenters. The minimum atomic E-state index is -0.924. The maximum Gasteiger partial charge on any atom is 0.305 e. The second-order valence-electron chi connectivity index (χ2n) is 5.76. The maximum absolute atomic E-state index is 13.0. The zero-order valence-electron chi connectivity index (χ0n) is 13.2. The molecule has 2 heterocycles. The molecule has 0 saturated carbocycles. The summed E-state index contributed by atoms with van der Waals surface area (Å²) in [4.78, 5) is 37.4. The van der Waals surface area contributed by atoms with E-state index in [1.807, 2.05) is 0 Å². The zero-order chi connectivity index (χ0) is 17.3. The van der Waals surface area contributed by atoms with Gasteiger partial charge in [-0.25, -0.2) is 0 Å². The van der Waals surface area contributed by atoms with E-state index >= 15 is 0 Å². The quantitative estimate of drug-likeness (QED) is 0.856. The maximum atomic E-state index is 13.0. The fourth-order valence-corrected chi connectivity index (χ4v) is 3.91. The molecule has 1 aromatic carbocycles. The molecule has 3 rings (SSSR count). The lowest BCUT2D eigenvalue weighted by molar-refractivity contribution is -0.138. The van der Waals surface area contributed by atoms with Gasteiger partial charge in [0, 0.05) is 18.1 Å². The monoisotopic (exact) mass is 350 g/mol. The van der Waals surface area contributed by atoms with Gasteiger partial charge in [-0.1, -0.05) is 6.07 Å². The molecule has 2 N–H and O–H groups in total. The Kier molecular flexibility index (Phi) is 4.66. The number of nitrogens with zero attached hydrogens (tertiary/aromatic N) is 1. The molecule has 128 valence electrons. The number of aliphatic carboxylic acids is 1. The van der Waals surface area contributed by atoms with Crippen LogP contribution < -0.4 is 10.1 Å². The molecule has 0 radical (unpaired) electrons. The first-order chi connectivity index (χ1) is 11.5. The average molecular weight is 350 g/mol. The molecule has 0 aliphatic carbocycles. The zero-order valence-corrected chi connectivity index (χ0v) is 14.0. The molecular weight excluding hydrogens is 332 g/mol. The fourth-order valence-electron chi connectivity index (χ4n) is 2.84. The molecule has 0 aromatic heterocycles. The van der Waals surface area contributed by atoms with Gasteiger partial charge in [-0.15, -0.1) is 0 Å². The van der Waals surface area contributed by atoms with Crippen LogP contribution in [-0.2, 0) is 9.59 Å². The molecule has 0 bridgehead atoms. The van der Waals surface area contributed by atoms with Crippen LogP contribution in [0.15, 0.2) is 18.2 Å². The number of benzene rings is 1. The van der Waals surface area contributed by atoms with Gasteiger partial charge in [0.2, 0.25) is 0 Å². The lowest BCUT2D eigenvalue weighted by Gasteiger charge is -2.35. The number of para-hydroxylation sites is 1. The topological polar surface area (TPSA) is 95.9 Å². The summed E-state index contributed by atoms with van der Waals surface area (Å²) in [5.41, 5.74) is 0.812. The number of carboxylic acids is 1. The van der Waals surface area contributed by atoms with Crippen LogP contribution in [0.1, 0.15) is 23.7 Å². The molecule has 1 fully saturated rings. The summed E-state index contributed by atoms with van der Waals surface area (Å²) in [6, 6.07) is 4.65.